The van der Waals surface area contributed by atoms with Gasteiger partial charge in [-0.2, -0.15) is 0 Å². The SMILES string of the molecule is O=C(Cc1ccc(-c2nc3ccccc3o2)cc1F)N(c1ccccc1)c1ccccc1. The number of aromatic nitrogens is 1. The van der Waals surface area contributed by atoms with Crippen molar-refractivity contribution >= 4 is 28.4 Å². The number of para-hydroxylation sites is 4. The number of oxazole rings is 1. The summed E-state index contributed by atoms with van der Waals surface area (Å²) in [7, 11) is 0. The lowest BCUT2D eigenvalue weighted by Crippen LogP contribution is -2.27. The van der Waals surface area contributed by atoms with Crippen LogP contribution in [0.3, 0.4) is 0 Å². The Hall–Kier alpha value is -4.25. The van der Waals surface area contributed by atoms with Gasteiger partial charge in [0.15, 0.2) is 5.58 Å². The van der Waals surface area contributed by atoms with Crippen LogP contribution in [-0.4, -0.2) is 10.9 Å². The summed E-state index contributed by atoms with van der Waals surface area (Å²) in [5.41, 5.74) is 3.65. The zero-order valence-electron chi connectivity index (χ0n) is 17.1. The van der Waals surface area contributed by atoms with Crippen molar-refractivity contribution in [1.82, 2.24) is 4.98 Å². The number of nitrogens with zero attached hydrogens (tertiary/aromatic N) is 2. The lowest BCUT2D eigenvalue weighted by molar-refractivity contribution is -0.117. The number of benzene rings is 4. The molecule has 0 atom stereocenters. The van der Waals surface area contributed by atoms with Gasteiger partial charge in [0.05, 0.1) is 6.42 Å². The minimum atomic E-state index is -0.473. The monoisotopic (exact) mass is 422 g/mol. The van der Waals surface area contributed by atoms with Gasteiger partial charge in [0.25, 0.3) is 0 Å². The third kappa shape index (κ3) is 3.88. The maximum atomic E-state index is 15.0. The predicted octanol–water partition coefficient (Wildman–Crippen LogP) is 6.54. The normalized spacial score (nSPS) is 10.9. The summed E-state index contributed by atoms with van der Waals surface area (Å²) in [6.07, 6.45) is -0.0799. The Kier molecular flexibility index (Phi) is 5.22. The van der Waals surface area contributed by atoms with Crippen LogP contribution in [-0.2, 0) is 11.2 Å². The molecule has 156 valence electrons. The van der Waals surface area contributed by atoms with Crippen molar-refractivity contribution in [3.63, 3.8) is 0 Å². The molecule has 0 fully saturated rings. The van der Waals surface area contributed by atoms with Crippen molar-refractivity contribution in [2.45, 2.75) is 6.42 Å². The Morgan fingerprint density at radius 2 is 1.44 bits per heavy atom. The Morgan fingerprint density at radius 3 is 2.06 bits per heavy atom. The van der Waals surface area contributed by atoms with E-state index in [-0.39, 0.29) is 12.3 Å². The molecule has 0 aliphatic heterocycles. The van der Waals surface area contributed by atoms with Crippen LogP contribution >= 0.6 is 0 Å². The van der Waals surface area contributed by atoms with Gasteiger partial charge in [-0.25, -0.2) is 9.37 Å². The molecule has 1 heterocycles. The molecular weight excluding hydrogens is 403 g/mol. The highest BCUT2D eigenvalue weighted by atomic mass is 19.1. The molecule has 4 aromatic carbocycles. The fraction of sp³-hybridized carbons (Fsp3) is 0.0370. The number of amides is 1. The van der Waals surface area contributed by atoms with Gasteiger partial charge in [0, 0.05) is 16.9 Å². The molecule has 5 rings (SSSR count). The smallest absolute Gasteiger partial charge is 0.236 e. The Labute approximate surface area is 184 Å². The standard InChI is InChI=1S/C27H19FN2O2/c28-23-17-20(27-29-24-13-7-8-14-25(24)32-27)16-15-19(23)18-26(31)30(21-9-3-1-4-10-21)22-11-5-2-6-12-22/h1-17H,18H2. The summed E-state index contributed by atoms with van der Waals surface area (Å²) in [6, 6.07) is 30.8. The van der Waals surface area contributed by atoms with Gasteiger partial charge in [-0.1, -0.05) is 54.6 Å². The Bertz CT molecular complexity index is 1310. The molecule has 0 unspecified atom stereocenters. The van der Waals surface area contributed by atoms with E-state index in [1.165, 1.54) is 6.07 Å². The molecule has 0 spiro atoms. The second-order valence-corrected chi connectivity index (χ2v) is 7.37. The van der Waals surface area contributed by atoms with Crippen LogP contribution in [0, 0.1) is 5.82 Å². The maximum absolute atomic E-state index is 15.0. The van der Waals surface area contributed by atoms with E-state index in [0.717, 1.165) is 11.4 Å². The van der Waals surface area contributed by atoms with Gasteiger partial charge in [-0.15, -0.1) is 0 Å². The summed E-state index contributed by atoms with van der Waals surface area (Å²) in [6.45, 7) is 0. The third-order valence-corrected chi connectivity index (χ3v) is 5.21. The maximum Gasteiger partial charge on any atom is 0.236 e. The third-order valence-electron chi connectivity index (χ3n) is 5.21. The van der Waals surface area contributed by atoms with Crippen molar-refractivity contribution in [2.75, 3.05) is 4.90 Å². The highest BCUT2D eigenvalue weighted by Gasteiger charge is 2.20. The highest BCUT2D eigenvalue weighted by molar-refractivity contribution is 6.01. The average molecular weight is 422 g/mol. The first-order valence-corrected chi connectivity index (χ1v) is 10.3. The fourth-order valence-corrected chi connectivity index (χ4v) is 3.65. The lowest BCUT2D eigenvalue weighted by Gasteiger charge is -2.23. The van der Waals surface area contributed by atoms with Crippen molar-refractivity contribution in [3.8, 4) is 11.5 Å². The number of anilines is 2. The minimum absolute atomic E-state index is 0.0799. The number of carbonyl (C=O) groups excluding carboxylic acids is 1. The fourth-order valence-electron chi connectivity index (χ4n) is 3.65. The van der Waals surface area contributed by atoms with Crippen LogP contribution < -0.4 is 4.90 Å². The molecule has 0 saturated carbocycles. The van der Waals surface area contributed by atoms with E-state index in [2.05, 4.69) is 4.98 Å². The summed E-state index contributed by atoms with van der Waals surface area (Å²) in [5.74, 6) is -0.353. The van der Waals surface area contributed by atoms with E-state index < -0.39 is 5.82 Å². The molecule has 5 heteroatoms. The first kappa shape index (κ1) is 19.7. The number of carbonyl (C=O) groups is 1. The Balaban J connectivity index is 1.44. The summed E-state index contributed by atoms with van der Waals surface area (Å²) in [4.78, 5) is 19.3. The van der Waals surface area contributed by atoms with Crippen LogP contribution in [0.15, 0.2) is 108 Å². The molecule has 32 heavy (non-hydrogen) atoms. The van der Waals surface area contributed by atoms with Gasteiger partial charge >= 0.3 is 0 Å². The topological polar surface area (TPSA) is 46.3 Å². The van der Waals surface area contributed by atoms with Crippen LogP contribution in [0.5, 0.6) is 0 Å². The van der Waals surface area contributed by atoms with E-state index in [4.69, 9.17) is 4.42 Å². The van der Waals surface area contributed by atoms with Crippen LogP contribution in [0.4, 0.5) is 15.8 Å². The van der Waals surface area contributed by atoms with Crippen molar-refractivity contribution < 1.29 is 13.6 Å². The lowest BCUT2D eigenvalue weighted by atomic mass is 10.1. The quantitative estimate of drug-likeness (QED) is 0.323. The molecule has 0 bridgehead atoms. The van der Waals surface area contributed by atoms with Gasteiger partial charge < -0.3 is 4.42 Å². The van der Waals surface area contributed by atoms with E-state index in [1.807, 2.05) is 84.9 Å². The number of hydrogen-bond acceptors (Lipinski definition) is 3. The highest BCUT2D eigenvalue weighted by Crippen LogP contribution is 2.28. The molecule has 0 aliphatic rings. The van der Waals surface area contributed by atoms with Crippen molar-refractivity contribution in [3.05, 3.63) is 115 Å². The van der Waals surface area contributed by atoms with E-state index in [1.54, 1.807) is 17.0 Å². The predicted molar refractivity (Wildman–Crippen MR) is 123 cm³/mol. The van der Waals surface area contributed by atoms with Gasteiger partial charge in [-0.05, 0) is 54.1 Å². The zero-order chi connectivity index (χ0) is 21.9. The Morgan fingerprint density at radius 1 is 0.812 bits per heavy atom. The molecular formula is C27H19FN2O2. The zero-order valence-corrected chi connectivity index (χ0v) is 17.1. The number of rotatable bonds is 5. The van der Waals surface area contributed by atoms with Crippen molar-refractivity contribution in [1.29, 1.82) is 0 Å². The number of fused-ring (bicyclic) bond motifs is 1. The molecule has 0 radical (unpaired) electrons. The van der Waals surface area contributed by atoms with Crippen molar-refractivity contribution in [2.24, 2.45) is 0 Å². The molecule has 0 N–H and O–H groups in total. The average Bonchev–Trinajstić information content (AvgIpc) is 3.26. The van der Waals surface area contributed by atoms with E-state index in [9.17, 15) is 9.18 Å². The second kappa shape index (κ2) is 8.47. The van der Waals surface area contributed by atoms with Crippen LogP contribution in [0.25, 0.3) is 22.6 Å². The molecule has 1 amide bonds. The molecule has 4 nitrogen and oxygen atoms in total. The largest absolute Gasteiger partial charge is 0.436 e. The molecule has 0 saturated heterocycles. The first-order valence-electron chi connectivity index (χ1n) is 10.3. The summed E-state index contributed by atoms with van der Waals surface area (Å²) >= 11 is 0. The van der Waals surface area contributed by atoms with Crippen LogP contribution in [0.2, 0.25) is 0 Å². The first-order chi connectivity index (χ1) is 15.7. The van der Waals surface area contributed by atoms with Crippen LogP contribution in [0.1, 0.15) is 5.56 Å². The molecule has 5 aromatic rings. The minimum Gasteiger partial charge on any atom is -0.436 e. The summed E-state index contributed by atoms with van der Waals surface area (Å²) in [5, 5.41) is 0. The van der Waals surface area contributed by atoms with Gasteiger partial charge in [-0.3, -0.25) is 9.69 Å². The van der Waals surface area contributed by atoms with E-state index in [0.29, 0.717) is 28.1 Å². The van der Waals surface area contributed by atoms with Gasteiger partial charge in [0.1, 0.15) is 11.3 Å². The molecule has 0 aliphatic carbocycles. The van der Waals surface area contributed by atoms with Gasteiger partial charge in [0.2, 0.25) is 11.8 Å². The second-order valence-electron chi connectivity index (χ2n) is 7.37. The number of hydrogen-bond donors (Lipinski definition) is 0. The van der Waals surface area contributed by atoms with E-state index >= 15 is 0 Å². The number of halogens is 1. The molecule has 1 aromatic heterocycles. The summed E-state index contributed by atoms with van der Waals surface area (Å²) < 4.78 is 20.7.